The number of allylic oxidation sites excluding steroid dienone is 1. The van der Waals surface area contributed by atoms with Crippen molar-refractivity contribution in [3.63, 3.8) is 0 Å². The number of ether oxygens (including phenoxy) is 1. The first-order valence-corrected chi connectivity index (χ1v) is 7.37. The number of hydrogen-bond acceptors (Lipinski definition) is 3. The van der Waals surface area contributed by atoms with Crippen molar-refractivity contribution in [1.82, 2.24) is 10.6 Å². The van der Waals surface area contributed by atoms with Crippen LogP contribution in [0, 0.1) is 5.41 Å². The maximum atomic E-state index is 12.6. The largest absolute Gasteiger partial charge is 0.497 e. The minimum Gasteiger partial charge on any atom is -0.497 e. The van der Waals surface area contributed by atoms with Crippen molar-refractivity contribution >= 4 is 11.8 Å². The van der Waals surface area contributed by atoms with Gasteiger partial charge in [0.2, 0.25) is 0 Å². The van der Waals surface area contributed by atoms with E-state index >= 15 is 0 Å². The predicted molar refractivity (Wildman–Crippen MR) is 82.5 cm³/mol. The van der Waals surface area contributed by atoms with Gasteiger partial charge in [0.25, 0.3) is 0 Å². The molecule has 3 rings (SSSR count). The molecule has 1 aliphatic carbocycles. The molecule has 0 aromatic heterocycles. The lowest BCUT2D eigenvalue weighted by Crippen LogP contribution is -2.48. The van der Waals surface area contributed by atoms with Crippen molar-refractivity contribution in [2.45, 2.75) is 32.7 Å². The van der Waals surface area contributed by atoms with Crippen LogP contribution in [0.1, 0.15) is 38.3 Å². The Morgan fingerprint density at radius 2 is 1.82 bits per heavy atom. The molecule has 5 nitrogen and oxygen atoms in total. The van der Waals surface area contributed by atoms with E-state index in [0.29, 0.717) is 18.4 Å². The number of hydrogen-bond donors (Lipinski definition) is 2. The van der Waals surface area contributed by atoms with Gasteiger partial charge in [-0.15, -0.1) is 0 Å². The highest BCUT2D eigenvalue weighted by Crippen LogP contribution is 2.41. The topological polar surface area (TPSA) is 67.4 Å². The number of Topliss-reactive ketones (excluding diaryl/α,β-unsaturated/α-hetero) is 1. The Morgan fingerprint density at radius 1 is 1.14 bits per heavy atom. The minimum absolute atomic E-state index is 0.0968. The molecule has 2 N–H and O–H groups in total. The zero-order chi connectivity index (χ0) is 15.9. The second-order valence-electron chi connectivity index (χ2n) is 6.64. The first-order valence-electron chi connectivity index (χ1n) is 7.37. The van der Waals surface area contributed by atoms with Crippen molar-refractivity contribution in [1.29, 1.82) is 0 Å². The summed E-state index contributed by atoms with van der Waals surface area (Å²) in [5.41, 5.74) is 2.21. The van der Waals surface area contributed by atoms with E-state index in [4.69, 9.17) is 4.74 Å². The van der Waals surface area contributed by atoms with Gasteiger partial charge in [-0.2, -0.15) is 0 Å². The van der Waals surface area contributed by atoms with Crippen LogP contribution in [0.3, 0.4) is 0 Å². The summed E-state index contributed by atoms with van der Waals surface area (Å²) in [4.78, 5) is 24.5. The standard InChI is InChI=1S/C17H20N2O3/c1-17(2)8-12-14(13(20)9-17)15(19-16(21)18-12)10-4-6-11(22-3)7-5-10/h4-7,15H,8-9H2,1-3H3,(H2,18,19,21)/t15-/m0/s1. The number of amides is 2. The molecule has 0 saturated carbocycles. The van der Waals surface area contributed by atoms with Crippen LogP contribution in [0.5, 0.6) is 5.75 Å². The van der Waals surface area contributed by atoms with E-state index in [1.165, 1.54) is 0 Å². The molecule has 1 aromatic carbocycles. The molecule has 0 spiro atoms. The molecule has 1 aromatic rings. The van der Waals surface area contributed by atoms with Crippen LogP contribution in [-0.2, 0) is 4.79 Å². The molecule has 0 saturated heterocycles. The first-order chi connectivity index (χ1) is 10.4. The maximum Gasteiger partial charge on any atom is 0.319 e. The van der Waals surface area contributed by atoms with Crippen LogP contribution in [0.4, 0.5) is 4.79 Å². The van der Waals surface area contributed by atoms with E-state index in [1.807, 2.05) is 38.1 Å². The summed E-state index contributed by atoms with van der Waals surface area (Å²) in [5, 5.41) is 5.67. The van der Waals surface area contributed by atoms with Gasteiger partial charge in [0, 0.05) is 17.7 Å². The highest BCUT2D eigenvalue weighted by molar-refractivity contribution is 6.01. The fraction of sp³-hybridized carbons (Fsp3) is 0.412. The van der Waals surface area contributed by atoms with Crippen LogP contribution in [-0.4, -0.2) is 18.9 Å². The summed E-state index contributed by atoms with van der Waals surface area (Å²) in [6.07, 6.45) is 1.20. The molecular formula is C17H20N2O3. The molecule has 0 unspecified atom stereocenters. The Bertz CT molecular complexity index is 659. The smallest absolute Gasteiger partial charge is 0.319 e. The van der Waals surface area contributed by atoms with E-state index < -0.39 is 6.04 Å². The molecule has 116 valence electrons. The van der Waals surface area contributed by atoms with Gasteiger partial charge in [-0.1, -0.05) is 26.0 Å². The van der Waals surface area contributed by atoms with Gasteiger partial charge >= 0.3 is 6.03 Å². The lowest BCUT2D eigenvalue weighted by atomic mass is 9.73. The summed E-state index contributed by atoms with van der Waals surface area (Å²) in [6.45, 7) is 4.09. The Morgan fingerprint density at radius 3 is 2.45 bits per heavy atom. The van der Waals surface area contributed by atoms with Gasteiger partial charge in [0.05, 0.1) is 13.2 Å². The molecule has 1 atom stereocenters. The van der Waals surface area contributed by atoms with Gasteiger partial charge in [0.15, 0.2) is 5.78 Å². The average Bonchev–Trinajstić information content (AvgIpc) is 2.44. The molecule has 2 amide bonds. The summed E-state index contributed by atoms with van der Waals surface area (Å²) in [7, 11) is 1.61. The quantitative estimate of drug-likeness (QED) is 0.882. The Balaban J connectivity index is 2.02. The van der Waals surface area contributed by atoms with Gasteiger partial charge < -0.3 is 15.4 Å². The van der Waals surface area contributed by atoms with Gasteiger partial charge in [-0.3, -0.25) is 4.79 Å². The van der Waals surface area contributed by atoms with Crippen LogP contribution < -0.4 is 15.4 Å². The number of carbonyl (C=O) groups excluding carboxylic acids is 2. The van der Waals surface area contributed by atoms with Crippen molar-refractivity contribution in [2.75, 3.05) is 7.11 Å². The van der Waals surface area contributed by atoms with E-state index in [1.54, 1.807) is 7.11 Å². The van der Waals surface area contributed by atoms with Crippen LogP contribution in [0.2, 0.25) is 0 Å². The van der Waals surface area contributed by atoms with E-state index in [9.17, 15) is 9.59 Å². The minimum atomic E-state index is -0.391. The summed E-state index contributed by atoms with van der Waals surface area (Å²) in [5.74, 6) is 0.842. The molecule has 0 fully saturated rings. The lowest BCUT2D eigenvalue weighted by Gasteiger charge is -2.38. The second-order valence-corrected chi connectivity index (χ2v) is 6.64. The monoisotopic (exact) mass is 300 g/mol. The molecule has 22 heavy (non-hydrogen) atoms. The summed E-state index contributed by atoms with van der Waals surface area (Å²) in [6, 6.07) is 6.78. The fourth-order valence-corrected chi connectivity index (χ4v) is 3.20. The maximum absolute atomic E-state index is 12.6. The van der Waals surface area contributed by atoms with Gasteiger partial charge in [-0.25, -0.2) is 4.79 Å². The van der Waals surface area contributed by atoms with Crippen molar-refractivity contribution < 1.29 is 14.3 Å². The number of nitrogens with one attached hydrogen (secondary N) is 2. The molecular weight excluding hydrogens is 280 g/mol. The highest BCUT2D eigenvalue weighted by atomic mass is 16.5. The SMILES string of the molecule is COc1ccc([C@@H]2NC(=O)NC3=C2C(=O)CC(C)(C)C3)cc1. The van der Waals surface area contributed by atoms with Crippen molar-refractivity contribution in [2.24, 2.45) is 5.41 Å². The first kappa shape index (κ1) is 14.6. The van der Waals surface area contributed by atoms with E-state index in [-0.39, 0.29) is 17.2 Å². The normalized spacial score (nSPS) is 23.5. The number of rotatable bonds is 2. The van der Waals surface area contributed by atoms with Gasteiger partial charge in [-0.05, 0) is 29.5 Å². The van der Waals surface area contributed by atoms with E-state index in [2.05, 4.69) is 10.6 Å². The zero-order valence-corrected chi connectivity index (χ0v) is 13.0. The average molecular weight is 300 g/mol. The van der Waals surface area contributed by atoms with Gasteiger partial charge in [0.1, 0.15) is 5.75 Å². The third kappa shape index (κ3) is 2.58. The molecule has 0 bridgehead atoms. The fourth-order valence-electron chi connectivity index (χ4n) is 3.20. The number of ketones is 1. The molecule has 5 heteroatoms. The molecule has 1 aliphatic heterocycles. The predicted octanol–water partition coefficient (Wildman–Crippen LogP) is 2.69. The Labute approximate surface area is 129 Å². The van der Waals surface area contributed by atoms with Crippen LogP contribution >= 0.6 is 0 Å². The molecule has 2 aliphatic rings. The van der Waals surface area contributed by atoms with Crippen molar-refractivity contribution in [3.05, 3.63) is 41.1 Å². The Hall–Kier alpha value is -2.30. The third-order valence-electron chi connectivity index (χ3n) is 4.20. The highest BCUT2D eigenvalue weighted by Gasteiger charge is 2.40. The summed E-state index contributed by atoms with van der Waals surface area (Å²) >= 11 is 0. The number of carbonyl (C=O) groups is 2. The third-order valence-corrected chi connectivity index (χ3v) is 4.20. The summed E-state index contributed by atoms with van der Waals surface area (Å²) < 4.78 is 5.15. The van der Waals surface area contributed by atoms with Crippen LogP contribution in [0.25, 0.3) is 0 Å². The molecule has 1 heterocycles. The number of methoxy groups -OCH3 is 1. The van der Waals surface area contributed by atoms with E-state index in [0.717, 1.165) is 17.0 Å². The second kappa shape index (κ2) is 5.16. The Kier molecular flexibility index (Phi) is 3.43. The number of urea groups is 1. The van der Waals surface area contributed by atoms with Crippen molar-refractivity contribution in [3.8, 4) is 5.75 Å². The number of benzene rings is 1. The van der Waals surface area contributed by atoms with Crippen LogP contribution in [0.15, 0.2) is 35.5 Å². The molecule has 0 radical (unpaired) electrons. The zero-order valence-electron chi connectivity index (χ0n) is 13.0. The lowest BCUT2D eigenvalue weighted by molar-refractivity contribution is -0.118.